The number of carbonyl (C=O) groups excluding carboxylic acids is 2. The molecule has 1 aromatic carbocycles. The second-order valence-corrected chi connectivity index (χ2v) is 5.80. The number of benzene rings is 1. The Kier molecular flexibility index (Phi) is 6.64. The molecular formula is C15H20ClNO5. The second-order valence-electron chi connectivity index (χ2n) is 5.54. The number of alkyl halides is 1. The van der Waals surface area contributed by atoms with Crippen molar-refractivity contribution in [1.29, 1.82) is 0 Å². The van der Waals surface area contributed by atoms with E-state index < -0.39 is 11.6 Å². The van der Waals surface area contributed by atoms with Crippen molar-refractivity contribution in [2.75, 3.05) is 17.8 Å². The summed E-state index contributed by atoms with van der Waals surface area (Å²) in [4.78, 5) is 22.8. The highest BCUT2D eigenvalue weighted by molar-refractivity contribution is 6.29. The van der Waals surface area contributed by atoms with E-state index in [1.807, 2.05) is 0 Å². The van der Waals surface area contributed by atoms with Crippen molar-refractivity contribution in [3.8, 4) is 5.75 Å². The zero-order valence-corrected chi connectivity index (χ0v) is 13.6. The molecule has 0 spiro atoms. The van der Waals surface area contributed by atoms with Crippen LogP contribution in [0.25, 0.3) is 0 Å². The zero-order chi connectivity index (χ0) is 16.8. The average molecular weight is 330 g/mol. The molecule has 0 aliphatic heterocycles. The van der Waals surface area contributed by atoms with Crippen LogP contribution in [0.2, 0.25) is 0 Å². The highest BCUT2D eigenvalue weighted by Crippen LogP contribution is 2.23. The van der Waals surface area contributed by atoms with Crippen LogP contribution >= 0.6 is 11.6 Å². The third kappa shape index (κ3) is 6.32. The van der Waals surface area contributed by atoms with E-state index in [4.69, 9.17) is 21.1 Å². The average Bonchev–Trinajstić information content (AvgIpc) is 2.43. The van der Waals surface area contributed by atoms with Gasteiger partial charge in [0.1, 0.15) is 17.2 Å². The number of hydrogen-bond acceptors (Lipinski definition) is 5. The Labute approximate surface area is 134 Å². The van der Waals surface area contributed by atoms with Gasteiger partial charge in [-0.15, -0.1) is 11.6 Å². The fourth-order valence-corrected chi connectivity index (χ4v) is 1.69. The SMILES string of the molecule is CC(C)(C)OC(=O)COc1ccc(NC(=O)CCl)cc1CO. The number of anilines is 1. The Hall–Kier alpha value is -1.79. The molecule has 0 saturated carbocycles. The third-order valence-electron chi connectivity index (χ3n) is 2.40. The van der Waals surface area contributed by atoms with Crippen LogP contribution in [-0.4, -0.2) is 35.1 Å². The van der Waals surface area contributed by atoms with Gasteiger partial charge in [0.2, 0.25) is 5.91 Å². The van der Waals surface area contributed by atoms with Crippen LogP contribution in [0.3, 0.4) is 0 Å². The van der Waals surface area contributed by atoms with Gasteiger partial charge < -0.3 is 19.9 Å². The molecule has 1 amide bonds. The zero-order valence-electron chi connectivity index (χ0n) is 12.8. The van der Waals surface area contributed by atoms with Gasteiger partial charge in [-0.2, -0.15) is 0 Å². The number of amides is 1. The predicted octanol–water partition coefficient (Wildman–Crippen LogP) is 2.08. The maximum Gasteiger partial charge on any atom is 0.344 e. The minimum absolute atomic E-state index is 0.161. The summed E-state index contributed by atoms with van der Waals surface area (Å²) in [6.45, 7) is 4.72. The first-order valence-corrected chi connectivity index (χ1v) is 7.23. The Bertz CT molecular complexity index is 539. The van der Waals surface area contributed by atoms with Crippen molar-refractivity contribution < 1.29 is 24.2 Å². The van der Waals surface area contributed by atoms with Gasteiger partial charge in [-0.05, 0) is 39.0 Å². The van der Waals surface area contributed by atoms with Crippen molar-refractivity contribution in [3.05, 3.63) is 23.8 Å². The van der Waals surface area contributed by atoms with E-state index in [0.717, 1.165) is 0 Å². The number of carbonyl (C=O) groups is 2. The van der Waals surface area contributed by atoms with Gasteiger partial charge in [0, 0.05) is 11.3 Å². The molecule has 0 fully saturated rings. The molecule has 0 atom stereocenters. The van der Waals surface area contributed by atoms with E-state index in [0.29, 0.717) is 17.0 Å². The smallest absolute Gasteiger partial charge is 0.344 e. The van der Waals surface area contributed by atoms with Crippen LogP contribution in [0, 0.1) is 0 Å². The molecule has 0 unspecified atom stereocenters. The lowest BCUT2D eigenvalue weighted by Crippen LogP contribution is -2.27. The molecule has 122 valence electrons. The number of esters is 1. The van der Waals surface area contributed by atoms with E-state index in [1.165, 1.54) is 0 Å². The first-order valence-electron chi connectivity index (χ1n) is 6.69. The Morgan fingerprint density at radius 1 is 1.32 bits per heavy atom. The molecule has 6 nitrogen and oxygen atoms in total. The van der Waals surface area contributed by atoms with Crippen LogP contribution in [-0.2, 0) is 20.9 Å². The number of hydrogen-bond donors (Lipinski definition) is 2. The number of halogens is 1. The van der Waals surface area contributed by atoms with Crippen LogP contribution in [0.5, 0.6) is 5.75 Å². The van der Waals surface area contributed by atoms with Crippen molar-refractivity contribution in [1.82, 2.24) is 0 Å². The van der Waals surface area contributed by atoms with Crippen LogP contribution < -0.4 is 10.1 Å². The molecule has 0 heterocycles. The lowest BCUT2D eigenvalue weighted by atomic mass is 10.2. The first-order chi connectivity index (χ1) is 10.2. The Morgan fingerprint density at radius 3 is 2.55 bits per heavy atom. The van der Waals surface area contributed by atoms with Crippen LogP contribution in [0.4, 0.5) is 5.69 Å². The summed E-state index contributed by atoms with van der Waals surface area (Å²) in [5.41, 5.74) is 0.339. The second kappa shape index (κ2) is 8.00. The monoisotopic (exact) mass is 329 g/mol. The molecule has 0 aliphatic carbocycles. The van der Waals surface area contributed by atoms with E-state index in [2.05, 4.69) is 5.32 Å². The molecule has 0 radical (unpaired) electrons. The van der Waals surface area contributed by atoms with Gasteiger partial charge in [0.15, 0.2) is 6.61 Å². The minimum atomic E-state index is -0.587. The van der Waals surface area contributed by atoms with Gasteiger partial charge in [0.05, 0.1) is 6.61 Å². The summed E-state index contributed by atoms with van der Waals surface area (Å²) in [7, 11) is 0. The lowest BCUT2D eigenvalue weighted by Gasteiger charge is -2.20. The van der Waals surface area contributed by atoms with Crippen molar-refractivity contribution >= 4 is 29.2 Å². The fourth-order valence-electron chi connectivity index (χ4n) is 1.62. The normalized spacial score (nSPS) is 11.0. The highest BCUT2D eigenvalue weighted by atomic mass is 35.5. The summed E-state index contributed by atoms with van der Waals surface area (Å²) in [6.07, 6.45) is 0. The first kappa shape index (κ1) is 18.3. The molecule has 0 aliphatic rings. The molecular weight excluding hydrogens is 310 g/mol. The number of rotatable bonds is 6. The molecule has 1 rings (SSSR count). The molecule has 7 heteroatoms. The molecule has 1 aromatic rings. The topological polar surface area (TPSA) is 84.9 Å². The van der Waals surface area contributed by atoms with Gasteiger partial charge in [-0.1, -0.05) is 0 Å². The Balaban J connectivity index is 2.71. The van der Waals surface area contributed by atoms with Gasteiger partial charge in [-0.3, -0.25) is 4.79 Å². The summed E-state index contributed by atoms with van der Waals surface area (Å²) in [5.74, 6) is -0.674. The standard InChI is InChI=1S/C15H20ClNO5/c1-15(2,3)22-14(20)9-21-12-5-4-11(6-10(12)8-18)17-13(19)7-16/h4-6,18H,7-9H2,1-3H3,(H,17,19). The molecule has 2 N–H and O–H groups in total. The summed E-state index contributed by atoms with van der Waals surface area (Å²) in [5, 5.41) is 11.9. The number of aliphatic hydroxyl groups is 1. The summed E-state index contributed by atoms with van der Waals surface area (Å²) < 4.78 is 10.5. The molecule has 0 bridgehead atoms. The molecule has 0 saturated heterocycles. The maximum absolute atomic E-state index is 11.6. The molecule has 0 aromatic heterocycles. The fraction of sp³-hybridized carbons (Fsp3) is 0.467. The van der Waals surface area contributed by atoms with E-state index in [1.54, 1.807) is 39.0 Å². The third-order valence-corrected chi connectivity index (χ3v) is 2.64. The maximum atomic E-state index is 11.6. The van der Waals surface area contributed by atoms with E-state index >= 15 is 0 Å². The van der Waals surface area contributed by atoms with Gasteiger partial charge in [-0.25, -0.2) is 4.79 Å². The van der Waals surface area contributed by atoms with Crippen molar-refractivity contribution in [2.24, 2.45) is 0 Å². The Morgan fingerprint density at radius 2 is 2.00 bits per heavy atom. The van der Waals surface area contributed by atoms with Gasteiger partial charge >= 0.3 is 5.97 Å². The quantitative estimate of drug-likeness (QED) is 0.616. The van der Waals surface area contributed by atoms with Crippen molar-refractivity contribution in [2.45, 2.75) is 33.0 Å². The van der Waals surface area contributed by atoms with E-state index in [9.17, 15) is 14.7 Å². The summed E-state index contributed by atoms with van der Waals surface area (Å²) >= 11 is 5.41. The number of nitrogens with one attached hydrogen (secondary N) is 1. The van der Waals surface area contributed by atoms with Crippen LogP contribution in [0.1, 0.15) is 26.3 Å². The minimum Gasteiger partial charge on any atom is -0.482 e. The molecule has 22 heavy (non-hydrogen) atoms. The number of aliphatic hydroxyl groups excluding tert-OH is 1. The highest BCUT2D eigenvalue weighted by Gasteiger charge is 2.17. The van der Waals surface area contributed by atoms with Crippen LogP contribution in [0.15, 0.2) is 18.2 Å². The largest absolute Gasteiger partial charge is 0.482 e. The van der Waals surface area contributed by atoms with E-state index in [-0.39, 0.29) is 25.0 Å². The number of ether oxygens (including phenoxy) is 2. The van der Waals surface area contributed by atoms with Crippen molar-refractivity contribution in [3.63, 3.8) is 0 Å². The lowest BCUT2D eigenvalue weighted by molar-refractivity contribution is -0.157. The van der Waals surface area contributed by atoms with Gasteiger partial charge in [0.25, 0.3) is 0 Å². The predicted molar refractivity (Wildman–Crippen MR) is 83.1 cm³/mol. The summed E-state index contributed by atoms with van der Waals surface area (Å²) in [6, 6.07) is 4.70.